The second kappa shape index (κ2) is 7.09. The van der Waals surface area contributed by atoms with Crippen LogP contribution in [-0.2, 0) is 16.0 Å². The Morgan fingerprint density at radius 3 is 2.74 bits per heavy atom. The molecule has 0 aromatic heterocycles. The topological polar surface area (TPSA) is 57.1 Å². The second-order valence-corrected chi connectivity index (χ2v) is 5.11. The van der Waals surface area contributed by atoms with Crippen molar-refractivity contribution in [1.29, 1.82) is 0 Å². The lowest BCUT2D eigenvalue weighted by Gasteiger charge is -2.26. The number of rotatable bonds is 5. The van der Waals surface area contributed by atoms with E-state index in [4.69, 9.17) is 14.2 Å². The molecule has 118 valence electrons. The van der Waals surface area contributed by atoms with E-state index in [0.29, 0.717) is 23.8 Å². The van der Waals surface area contributed by atoms with Gasteiger partial charge in [0.15, 0.2) is 6.29 Å². The fourth-order valence-electron chi connectivity index (χ4n) is 2.47. The van der Waals surface area contributed by atoms with Crippen LogP contribution in [0.15, 0.2) is 47.5 Å². The fourth-order valence-corrected chi connectivity index (χ4v) is 2.47. The van der Waals surface area contributed by atoms with E-state index in [2.05, 4.69) is 4.99 Å². The van der Waals surface area contributed by atoms with Crippen molar-refractivity contribution in [1.82, 2.24) is 0 Å². The predicted molar refractivity (Wildman–Crippen MR) is 85.1 cm³/mol. The van der Waals surface area contributed by atoms with Gasteiger partial charge in [-0.1, -0.05) is 6.07 Å². The van der Waals surface area contributed by atoms with Gasteiger partial charge in [-0.3, -0.25) is 0 Å². The van der Waals surface area contributed by atoms with Crippen molar-refractivity contribution in [2.45, 2.75) is 26.1 Å². The Morgan fingerprint density at radius 1 is 1.22 bits per heavy atom. The third kappa shape index (κ3) is 3.77. The van der Waals surface area contributed by atoms with Crippen molar-refractivity contribution in [2.75, 3.05) is 6.61 Å². The molecule has 0 bridgehead atoms. The molecule has 23 heavy (non-hydrogen) atoms. The first-order chi connectivity index (χ1) is 11.3. The highest BCUT2D eigenvalue weighted by Crippen LogP contribution is 2.33. The molecule has 0 aliphatic carbocycles. The summed E-state index contributed by atoms with van der Waals surface area (Å²) in [6.45, 7) is 2.59. The van der Waals surface area contributed by atoms with Crippen LogP contribution in [0.5, 0.6) is 17.2 Å². The first kappa shape index (κ1) is 15.3. The number of hydrogen-bond acceptors (Lipinski definition) is 5. The molecule has 2 aromatic rings. The smallest absolute Gasteiger partial charge is 0.240 e. The van der Waals surface area contributed by atoms with E-state index in [-0.39, 0.29) is 6.29 Å². The van der Waals surface area contributed by atoms with E-state index >= 15 is 0 Å². The molecular weight excluding hydrogens is 294 g/mol. The van der Waals surface area contributed by atoms with E-state index in [9.17, 15) is 4.79 Å². The van der Waals surface area contributed by atoms with Crippen molar-refractivity contribution in [2.24, 2.45) is 4.99 Å². The summed E-state index contributed by atoms with van der Waals surface area (Å²) >= 11 is 0. The number of ether oxygens (including phenoxy) is 3. The van der Waals surface area contributed by atoms with Gasteiger partial charge in [-0.2, -0.15) is 4.99 Å². The lowest BCUT2D eigenvalue weighted by Crippen LogP contribution is -2.25. The molecule has 0 amide bonds. The van der Waals surface area contributed by atoms with E-state index in [1.165, 1.54) is 6.08 Å². The Labute approximate surface area is 134 Å². The van der Waals surface area contributed by atoms with E-state index in [1.807, 2.05) is 25.1 Å². The summed E-state index contributed by atoms with van der Waals surface area (Å²) in [5.41, 5.74) is 1.70. The zero-order valence-electron chi connectivity index (χ0n) is 12.8. The van der Waals surface area contributed by atoms with Gasteiger partial charge in [0.2, 0.25) is 6.08 Å². The maximum Gasteiger partial charge on any atom is 0.240 e. The molecule has 1 unspecified atom stereocenters. The summed E-state index contributed by atoms with van der Waals surface area (Å²) in [5.74, 6) is 2.15. The third-order valence-corrected chi connectivity index (χ3v) is 3.55. The maximum absolute atomic E-state index is 10.2. The van der Waals surface area contributed by atoms with Crippen LogP contribution in [0.3, 0.4) is 0 Å². The number of isocyanates is 1. The monoisotopic (exact) mass is 311 g/mol. The summed E-state index contributed by atoms with van der Waals surface area (Å²) in [6, 6.07) is 12.7. The molecule has 1 heterocycles. The fraction of sp³-hybridized carbons (Fsp3) is 0.278. The zero-order chi connectivity index (χ0) is 16.1. The summed E-state index contributed by atoms with van der Waals surface area (Å²) in [5, 5.41) is 0. The van der Waals surface area contributed by atoms with Crippen molar-refractivity contribution >= 4 is 11.8 Å². The molecule has 5 heteroatoms. The third-order valence-electron chi connectivity index (χ3n) is 3.55. The normalized spacial score (nSPS) is 16.0. The van der Waals surface area contributed by atoms with Gasteiger partial charge in [-0.25, -0.2) is 4.79 Å². The van der Waals surface area contributed by atoms with Crippen molar-refractivity contribution in [3.05, 3.63) is 48.0 Å². The van der Waals surface area contributed by atoms with Gasteiger partial charge >= 0.3 is 0 Å². The van der Waals surface area contributed by atoms with Gasteiger partial charge in [0.05, 0.1) is 5.69 Å². The minimum atomic E-state index is -0.191. The molecule has 0 saturated heterocycles. The highest BCUT2D eigenvalue weighted by Gasteiger charge is 2.20. The molecule has 5 nitrogen and oxygen atoms in total. The number of fused-ring (bicyclic) bond motifs is 1. The Kier molecular flexibility index (Phi) is 4.71. The van der Waals surface area contributed by atoms with Gasteiger partial charge in [-0.15, -0.1) is 0 Å². The maximum atomic E-state index is 10.2. The number of nitrogens with zero attached hydrogens (tertiary/aromatic N) is 1. The first-order valence-corrected chi connectivity index (χ1v) is 7.55. The largest absolute Gasteiger partial charge is 0.465 e. The van der Waals surface area contributed by atoms with E-state index in [1.54, 1.807) is 24.3 Å². The summed E-state index contributed by atoms with van der Waals surface area (Å²) in [4.78, 5) is 13.8. The van der Waals surface area contributed by atoms with E-state index in [0.717, 1.165) is 24.2 Å². The van der Waals surface area contributed by atoms with Gasteiger partial charge < -0.3 is 14.2 Å². The highest BCUT2D eigenvalue weighted by atomic mass is 16.7. The highest BCUT2D eigenvalue weighted by molar-refractivity contribution is 5.51. The van der Waals surface area contributed by atoms with Crippen LogP contribution in [0.1, 0.15) is 18.9 Å². The van der Waals surface area contributed by atoms with Crippen molar-refractivity contribution in [3.8, 4) is 17.2 Å². The standard InChI is InChI=1S/C18H17NO4/c1-2-21-18-10-4-13-3-7-16(11-17(13)23-18)22-15-8-5-14(6-9-15)19-12-20/h3,5-9,11,18H,2,4,10H2,1H3. The van der Waals surface area contributed by atoms with Crippen LogP contribution < -0.4 is 9.47 Å². The average molecular weight is 311 g/mol. The number of hydrogen-bond donors (Lipinski definition) is 0. The molecule has 3 rings (SSSR count). The van der Waals surface area contributed by atoms with Crippen LogP contribution in [0.25, 0.3) is 0 Å². The predicted octanol–water partition coefficient (Wildman–Crippen LogP) is 4.13. The Morgan fingerprint density at radius 2 is 2.00 bits per heavy atom. The Balaban J connectivity index is 1.74. The minimum Gasteiger partial charge on any atom is -0.465 e. The van der Waals surface area contributed by atoms with Crippen molar-refractivity contribution < 1.29 is 19.0 Å². The first-order valence-electron chi connectivity index (χ1n) is 7.55. The number of aliphatic imine (C=N–C) groups is 1. The average Bonchev–Trinajstić information content (AvgIpc) is 2.57. The Bertz CT molecular complexity index is 720. The SMILES string of the molecule is CCOC1CCc2ccc(Oc3ccc(N=C=O)cc3)cc2O1. The van der Waals surface area contributed by atoms with Gasteiger partial charge in [-0.05, 0) is 49.2 Å². The van der Waals surface area contributed by atoms with Gasteiger partial charge in [0.1, 0.15) is 17.2 Å². The number of benzene rings is 2. The van der Waals surface area contributed by atoms with Crippen molar-refractivity contribution in [3.63, 3.8) is 0 Å². The number of carbonyl (C=O) groups excluding carboxylic acids is 1. The lowest BCUT2D eigenvalue weighted by molar-refractivity contribution is -0.0862. The molecule has 0 N–H and O–H groups in total. The molecular formula is C18H17NO4. The zero-order valence-corrected chi connectivity index (χ0v) is 12.8. The summed E-state index contributed by atoms with van der Waals surface area (Å²) < 4.78 is 17.2. The number of aryl methyl sites for hydroxylation is 1. The van der Waals surface area contributed by atoms with Crippen LogP contribution >= 0.6 is 0 Å². The molecule has 2 aromatic carbocycles. The quantitative estimate of drug-likeness (QED) is 0.615. The summed E-state index contributed by atoms with van der Waals surface area (Å²) in [7, 11) is 0. The second-order valence-electron chi connectivity index (χ2n) is 5.11. The molecule has 1 aliphatic rings. The summed E-state index contributed by atoms with van der Waals surface area (Å²) in [6.07, 6.45) is 3.11. The van der Waals surface area contributed by atoms with Gasteiger partial charge in [0, 0.05) is 19.1 Å². The molecule has 0 spiro atoms. The van der Waals surface area contributed by atoms with Crippen LogP contribution in [0, 0.1) is 0 Å². The minimum absolute atomic E-state index is 0.191. The lowest BCUT2D eigenvalue weighted by atomic mass is 10.1. The molecule has 1 atom stereocenters. The molecule has 0 fully saturated rings. The molecule has 0 saturated carbocycles. The Hall–Kier alpha value is -2.62. The molecule has 0 radical (unpaired) electrons. The van der Waals surface area contributed by atoms with Crippen LogP contribution in [0.2, 0.25) is 0 Å². The molecule has 1 aliphatic heterocycles. The van der Waals surface area contributed by atoms with Gasteiger partial charge in [0.25, 0.3) is 0 Å². The van der Waals surface area contributed by atoms with Crippen LogP contribution in [0.4, 0.5) is 5.69 Å². The van der Waals surface area contributed by atoms with E-state index < -0.39 is 0 Å². The van der Waals surface area contributed by atoms with Crippen LogP contribution in [-0.4, -0.2) is 19.0 Å².